The van der Waals surface area contributed by atoms with Gasteiger partial charge in [-0.1, -0.05) is 0 Å². The Bertz CT molecular complexity index is 1190. The van der Waals surface area contributed by atoms with Crippen LogP contribution in [0.25, 0.3) is 10.9 Å². The number of alkyl halides is 3. The van der Waals surface area contributed by atoms with Gasteiger partial charge in [0.05, 0.1) is 24.6 Å². The molecule has 0 saturated heterocycles. The van der Waals surface area contributed by atoms with Gasteiger partial charge in [-0.15, -0.1) is 0 Å². The summed E-state index contributed by atoms with van der Waals surface area (Å²) in [6, 6.07) is 5.11. The highest BCUT2D eigenvalue weighted by atomic mass is 19.4. The second kappa shape index (κ2) is 6.36. The van der Waals surface area contributed by atoms with E-state index in [4.69, 9.17) is 15.7 Å². The van der Waals surface area contributed by atoms with Gasteiger partial charge in [0, 0.05) is 34.7 Å². The minimum Gasteiger partial charge on any atom is -0.496 e. The Kier molecular flexibility index (Phi) is 4.17. The minimum atomic E-state index is -4.85. The van der Waals surface area contributed by atoms with Gasteiger partial charge < -0.3 is 15.5 Å². The topological polar surface area (TPSA) is 87.2 Å². The monoisotopic (exact) mass is 398 g/mol. The van der Waals surface area contributed by atoms with E-state index >= 15 is 0 Å². The third-order valence-electron chi connectivity index (χ3n) is 5.32. The van der Waals surface area contributed by atoms with Gasteiger partial charge in [-0.3, -0.25) is 4.99 Å². The average Bonchev–Trinajstić information content (AvgIpc) is 3.33. The molecule has 1 aromatic carbocycles. The predicted octanol–water partition coefficient (Wildman–Crippen LogP) is 4.32. The molecular weight excluding hydrogens is 381 g/mol. The molecule has 0 saturated carbocycles. The van der Waals surface area contributed by atoms with Crippen LogP contribution in [0, 0.1) is 18.3 Å². The summed E-state index contributed by atoms with van der Waals surface area (Å²) < 4.78 is 48.9. The highest BCUT2D eigenvalue weighted by Gasteiger charge is 2.59. The molecule has 1 aromatic heterocycles. The molecule has 1 atom stereocenters. The fourth-order valence-electron chi connectivity index (χ4n) is 3.84. The zero-order chi connectivity index (χ0) is 21.0. The van der Waals surface area contributed by atoms with E-state index in [1.165, 1.54) is 25.3 Å². The Balaban J connectivity index is 1.99. The number of benzene rings is 1. The van der Waals surface area contributed by atoms with Crippen molar-refractivity contribution in [2.45, 2.75) is 25.1 Å². The van der Waals surface area contributed by atoms with E-state index in [9.17, 15) is 13.2 Å². The lowest BCUT2D eigenvalue weighted by molar-refractivity contribution is -0.167. The normalized spacial score (nSPS) is 18.2. The summed E-state index contributed by atoms with van der Waals surface area (Å²) in [5, 5.41) is 9.42. The predicted molar refractivity (Wildman–Crippen MR) is 103 cm³/mol. The van der Waals surface area contributed by atoms with Crippen molar-refractivity contribution in [3.05, 3.63) is 64.5 Å². The first kappa shape index (κ1) is 19.0. The van der Waals surface area contributed by atoms with Crippen molar-refractivity contribution in [3.8, 4) is 11.8 Å². The van der Waals surface area contributed by atoms with Crippen molar-refractivity contribution >= 4 is 16.6 Å². The summed E-state index contributed by atoms with van der Waals surface area (Å²) in [5.74, 6) is 0.0372. The van der Waals surface area contributed by atoms with E-state index in [2.05, 4.69) is 9.98 Å². The third kappa shape index (κ3) is 2.69. The molecule has 29 heavy (non-hydrogen) atoms. The smallest absolute Gasteiger partial charge is 0.416 e. The van der Waals surface area contributed by atoms with E-state index in [1.807, 2.05) is 6.07 Å². The number of nitrogens with one attached hydrogen (secondary N) is 1. The number of hydrogen-bond acceptors (Lipinski definition) is 4. The van der Waals surface area contributed by atoms with Gasteiger partial charge in [-0.05, 0) is 48.4 Å². The van der Waals surface area contributed by atoms with Crippen molar-refractivity contribution in [2.75, 3.05) is 7.11 Å². The van der Waals surface area contributed by atoms with Gasteiger partial charge in [-0.2, -0.15) is 18.4 Å². The number of rotatable bonds is 3. The molecule has 4 rings (SSSR count). The van der Waals surface area contributed by atoms with Gasteiger partial charge in [0.1, 0.15) is 5.75 Å². The maximum atomic E-state index is 14.5. The van der Waals surface area contributed by atoms with Crippen LogP contribution < -0.4 is 10.5 Å². The molecule has 1 unspecified atom stereocenters. The highest BCUT2D eigenvalue weighted by molar-refractivity contribution is 6.10. The number of nitriles is 1. The van der Waals surface area contributed by atoms with E-state index in [0.717, 1.165) is 5.56 Å². The van der Waals surface area contributed by atoms with E-state index < -0.39 is 11.7 Å². The number of aromatic amines is 1. The molecule has 2 aliphatic rings. The molecule has 0 fully saturated rings. The zero-order valence-electron chi connectivity index (χ0n) is 15.7. The molecule has 2 heterocycles. The molecule has 0 radical (unpaired) electrons. The summed E-state index contributed by atoms with van der Waals surface area (Å²) in [4.78, 5) is 7.17. The number of nitrogens with zero attached hydrogens (tertiary/aromatic N) is 2. The maximum Gasteiger partial charge on any atom is 0.416 e. The van der Waals surface area contributed by atoms with Crippen LogP contribution in [-0.4, -0.2) is 24.0 Å². The number of ether oxygens (including phenoxy) is 1. The van der Waals surface area contributed by atoms with Gasteiger partial charge >= 0.3 is 6.18 Å². The highest BCUT2D eigenvalue weighted by Crippen LogP contribution is 2.48. The summed E-state index contributed by atoms with van der Waals surface area (Å²) in [6.07, 6.45) is 1.36. The number of hydrogen-bond donors (Lipinski definition) is 2. The quantitative estimate of drug-likeness (QED) is 0.807. The Morgan fingerprint density at radius 2 is 2.07 bits per heavy atom. The SMILES string of the molecule is COc1cc(C)c2[nH]ccc2c1C(N)(C1=NC2=CC=C(C#N)CC2=C1)C(F)(F)F. The summed E-state index contributed by atoms with van der Waals surface area (Å²) >= 11 is 0. The first-order chi connectivity index (χ1) is 13.7. The van der Waals surface area contributed by atoms with E-state index in [-0.39, 0.29) is 23.4 Å². The number of nitrogens with two attached hydrogens (primary N) is 1. The van der Waals surface area contributed by atoms with Crippen molar-refractivity contribution in [1.82, 2.24) is 4.98 Å². The molecule has 8 heteroatoms. The molecule has 5 nitrogen and oxygen atoms in total. The van der Waals surface area contributed by atoms with Gasteiger partial charge in [0.15, 0.2) is 5.54 Å². The Morgan fingerprint density at radius 3 is 2.72 bits per heavy atom. The molecule has 0 amide bonds. The lowest BCUT2D eigenvalue weighted by atomic mass is 9.81. The van der Waals surface area contributed by atoms with Crippen LogP contribution >= 0.6 is 0 Å². The number of fused-ring (bicyclic) bond motifs is 2. The molecule has 3 N–H and O–H groups in total. The third-order valence-corrected chi connectivity index (χ3v) is 5.32. The Hall–Kier alpha value is -3.31. The Morgan fingerprint density at radius 1 is 1.31 bits per heavy atom. The number of halogens is 3. The van der Waals surface area contributed by atoms with Crippen molar-refractivity contribution < 1.29 is 17.9 Å². The number of allylic oxidation sites excluding steroid dienone is 4. The van der Waals surface area contributed by atoms with Crippen LogP contribution in [0.3, 0.4) is 0 Å². The zero-order valence-corrected chi connectivity index (χ0v) is 15.7. The molecule has 2 aromatic rings. The van der Waals surface area contributed by atoms with Crippen LogP contribution in [-0.2, 0) is 5.54 Å². The summed E-state index contributed by atoms with van der Waals surface area (Å²) in [5.41, 5.74) is 5.41. The van der Waals surface area contributed by atoms with Crippen molar-refractivity contribution in [3.63, 3.8) is 0 Å². The number of methoxy groups -OCH3 is 1. The number of aliphatic imine (C=N–C) groups is 1. The van der Waals surface area contributed by atoms with Crippen LogP contribution in [0.1, 0.15) is 17.5 Å². The first-order valence-electron chi connectivity index (χ1n) is 8.82. The molecule has 1 aliphatic carbocycles. The van der Waals surface area contributed by atoms with Crippen molar-refractivity contribution in [1.29, 1.82) is 5.26 Å². The van der Waals surface area contributed by atoms with Crippen LogP contribution in [0.15, 0.2) is 58.4 Å². The standard InChI is InChI=1S/C21H17F3N4O/c1-11-7-16(29-2)18(14-5-6-27-19(11)14)20(26,21(22,23)24)17-9-13-8-12(10-25)3-4-15(13)28-17/h3-7,9,27H,8,26H2,1-2H3. The lowest BCUT2D eigenvalue weighted by Crippen LogP contribution is -2.56. The number of H-pyrrole nitrogens is 1. The van der Waals surface area contributed by atoms with Gasteiger partial charge in [-0.25, -0.2) is 0 Å². The maximum absolute atomic E-state index is 14.5. The number of aromatic nitrogens is 1. The van der Waals surface area contributed by atoms with Crippen LogP contribution in [0.5, 0.6) is 5.75 Å². The number of aryl methyl sites for hydroxylation is 1. The van der Waals surface area contributed by atoms with E-state index in [0.29, 0.717) is 27.7 Å². The average molecular weight is 398 g/mol. The second-order valence-electron chi connectivity index (χ2n) is 7.04. The van der Waals surface area contributed by atoms with Gasteiger partial charge in [0.2, 0.25) is 0 Å². The van der Waals surface area contributed by atoms with Crippen LogP contribution in [0.2, 0.25) is 0 Å². The first-order valence-corrected chi connectivity index (χ1v) is 8.82. The van der Waals surface area contributed by atoms with E-state index in [1.54, 1.807) is 25.3 Å². The molecular formula is C21H17F3N4O. The summed E-state index contributed by atoms with van der Waals surface area (Å²) in [7, 11) is 1.31. The Labute approximate surface area is 164 Å². The van der Waals surface area contributed by atoms with Gasteiger partial charge in [0.25, 0.3) is 0 Å². The van der Waals surface area contributed by atoms with Crippen LogP contribution in [0.4, 0.5) is 13.2 Å². The summed E-state index contributed by atoms with van der Waals surface area (Å²) in [6.45, 7) is 1.78. The molecule has 148 valence electrons. The van der Waals surface area contributed by atoms with Crippen molar-refractivity contribution in [2.24, 2.45) is 10.7 Å². The fourth-order valence-corrected chi connectivity index (χ4v) is 3.84. The fraction of sp³-hybridized carbons (Fsp3) is 0.238. The second-order valence-corrected chi connectivity index (χ2v) is 7.04. The molecule has 1 aliphatic heterocycles. The molecule has 0 bridgehead atoms. The molecule has 0 spiro atoms. The lowest BCUT2D eigenvalue weighted by Gasteiger charge is -2.33. The largest absolute Gasteiger partial charge is 0.496 e. The minimum absolute atomic E-state index is 0.0372.